The van der Waals surface area contributed by atoms with Crippen LogP contribution >= 0.6 is 0 Å². The highest BCUT2D eigenvalue weighted by Gasteiger charge is 2.58. The number of rotatable bonds is 3. The first-order valence-corrected chi connectivity index (χ1v) is 14.2. The van der Waals surface area contributed by atoms with Crippen LogP contribution in [0.3, 0.4) is 0 Å². The number of aliphatic hydroxyl groups is 1. The monoisotopic (exact) mass is 494 g/mol. The molecule has 1 aromatic rings. The van der Waals surface area contributed by atoms with Crippen LogP contribution in [0.1, 0.15) is 56.1 Å². The summed E-state index contributed by atoms with van der Waals surface area (Å²) in [5.41, 5.74) is 3.55. The average Bonchev–Trinajstić information content (AvgIpc) is 2.86. The van der Waals surface area contributed by atoms with Crippen LogP contribution in [-0.2, 0) is 4.79 Å². The molecule has 1 aromatic carbocycles. The van der Waals surface area contributed by atoms with Gasteiger partial charge in [-0.15, -0.1) is 0 Å². The molecule has 36 heavy (non-hydrogen) atoms. The molecule has 2 saturated heterocycles. The Kier molecular flexibility index (Phi) is 6.17. The van der Waals surface area contributed by atoms with Gasteiger partial charge in [-0.25, -0.2) is 4.79 Å². The number of nitrogens with zero attached hydrogens (tertiary/aromatic N) is 3. The van der Waals surface area contributed by atoms with Gasteiger partial charge in [0.15, 0.2) is 0 Å². The number of carbonyl (C=O) groups is 2. The number of urea groups is 1. The molecular weight excluding hydrogens is 452 g/mol. The van der Waals surface area contributed by atoms with E-state index in [0.717, 1.165) is 77.7 Å². The Morgan fingerprint density at radius 2 is 1.69 bits per heavy atom. The molecule has 6 aliphatic rings. The minimum atomic E-state index is -0.285. The van der Waals surface area contributed by atoms with Gasteiger partial charge in [0.1, 0.15) is 0 Å². The summed E-state index contributed by atoms with van der Waals surface area (Å²) >= 11 is 0. The molecule has 0 aromatic heterocycles. The molecule has 2 aliphatic heterocycles. The maximum absolute atomic E-state index is 13.6. The van der Waals surface area contributed by atoms with Crippen molar-refractivity contribution in [1.82, 2.24) is 15.1 Å². The molecule has 3 unspecified atom stereocenters. The van der Waals surface area contributed by atoms with E-state index >= 15 is 0 Å². The Labute approximate surface area is 215 Å². The second-order valence-electron chi connectivity index (χ2n) is 12.5. The van der Waals surface area contributed by atoms with E-state index in [4.69, 9.17) is 0 Å². The number of piperidine rings is 1. The van der Waals surface area contributed by atoms with Gasteiger partial charge in [0.05, 0.1) is 11.5 Å². The van der Waals surface area contributed by atoms with E-state index in [2.05, 4.69) is 42.3 Å². The van der Waals surface area contributed by atoms with Crippen molar-refractivity contribution >= 4 is 17.6 Å². The second-order valence-corrected chi connectivity index (χ2v) is 12.5. The maximum Gasteiger partial charge on any atom is 0.320 e. The Bertz CT molecular complexity index is 1000. The fourth-order valence-corrected chi connectivity index (χ4v) is 8.38. The lowest BCUT2D eigenvalue weighted by molar-refractivity contribution is -0.163. The van der Waals surface area contributed by atoms with Crippen LogP contribution in [0.2, 0.25) is 0 Å². The quantitative estimate of drug-likeness (QED) is 0.676. The van der Waals surface area contributed by atoms with E-state index in [-0.39, 0.29) is 29.5 Å². The predicted octanol–water partition coefficient (Wildman–Crippen LogP) is 3.31. The fraction of sp³-hybridized carbons (Fsp3) is 0.724. The summed E-state index contributed by atoms with van der Waals surface area (Å²) in [7, 11) is 0. The zero-order valence-corrected chi connectivity index (χ0v) is 21.9. The van der Waals surface area contributed by atoms with Gasteiger partial charge in [0.2, 0.25) is 5.91 Å². The van der Waals surface area contributed by atoms with Gasteiger partial charge in [-0.05, 0) is 88.2 Å². The van der Waals surface area contributed by atoms with Gasteiger partial charge in [-0.1, -0.05) is 17.7 Å². The van der Waals surface area contributed by atoms with Crippen molar-refractivity contribution < 1.29 is 14.7 Å². The molecule has 0 spiro atoms. The summed E-state index contributed by atoms with van der Waals surface area (Å²) in [6.45, 7) is 8.82. The second kappa shape index (κ2) is 9.23. The van der Waals surface area contributed by atoms with E-state index in [1.807, 2.05) is 9.80 Å². The number of hydrogen-bond acceptors (Lipinski definition) is 4. The topological polar surface area (TPSA) is 76.1 Å². The molecule has 196 valence electrons. The summed E-state index contributed by atoms with van der Waals surface area (Å²) in [4.78, 5) is 33.3. The molecule has 7 rings (SSSR count). The number of nitrogens with one attached hydrogen (secondary N) is 1. The number of anilines is 1. The molecule has 4 saturated carbocycles. The van der Waals surface area contributed by atoms with Crippen LogP contribution < -0.4 is 10.2 Å². The third kappa shape index (κ3) is 4.27. The van der Waals surface area contributed by atoms with Gasteiger partial charge in [-0.2, -0.15) is 0 Å². The number of benzene rings is 1. The molecule has 2 heterocycles. The molecule has 4 aliphatic carbocycles. The van der Waals surface area contributed by atoms with Crippen molar-refractivity contribution in [3.8, 4) is 0 Å². The summed E-state index contributed by atoms with van der Waals surface area (Å²) in [6.07, 6.45) is 6.51. The highest BCUT2D eigenvalue weighted by Crippen LogP contribution is 2.60. The third-order valence-electron chi connectivity index (χ3n) is 9.98. The van der Waals surface area contributed by atoms with Crippen LogP contribution in [-0.4, -0.2) is 78.3 Å². The van der Waals surface area contributed by atoms with Gasteiger partial charge in [0.25, 0.3) is 0 Å². The van der Waals surface area contributed by atoms with Crippen molar-refractivity contribution in [2.75, 3.05) is 44.2 Å². The van der Waals surface area contributed by atoms with Crippen LogP contribution in [0, 0.1) is 37.0 Å². The minimum Gasteiger partial charge on any atom is -0.393 e. The number of hydrogen-bond donors (Lipinski definition) is 2. The first-order chi connectivity index (χ1) is 17.3. The normalized spacial score (nSPS) is 35.8. The van der Waals surface area contributed by atoms with Crippen molar-refractivity contribution in [3.63, 3.8) is 0 Å². The molecule has 2 N–H and O–H groups in total. The van der Waals surface area contributed by atoms with Crippen LogP contribution in [0.15, 0.2) is 18.2 Å². The smallest absolute Gasteiger partial charge is 0.320 e. The van der Waals surface area contributed by atoms with Gasteiger partial charge >= 0.3 is 6.03 Å². The number of amides is 3. The van der Waals surface area contributed by atoms with Crippen molar-refractivity contribution in [2.24, 2.45) is 23.2 Å². The molecule has 0 radical (unpaired) electrons. The molecular formula is C29H42N4O3. The molecule has 3 atom stereocenters. The third-order valence-corrected chi connectivity index (χ3v) is 9.98. The largest absolute Gasteiger partial charge is 0.393 e. The summed E-state index contributed by atoms with van der Waals surface area (Å²) < 4.78 is 0. The predicted molar refractivity (Wildman–Crippen MR) is 140 cm³/mol. The van der Waals surface area contributed by atoms with E-state index in [1.54, 1.807) is 0 Å². The van der Waals surface area contributed by atoms with Crippen molar-refractivity contribution in [1.29, 1.82) is 0 Å². The standard InChI is InChI=1S/C29H42N4O3/c1-19-5-6-25(20(2)12-19)31-8-10-32(11-9-31)28(36)33-7-3-4-24(18-33)30-27(35)29-15-21-13-22(16-29)26(34)23(14-21)17-29/h5-6,12,21-24,26,34H,3-4,7-11,13-18H2,1-2H3,(H,30,35). The van der Waals surface area contributed by atoms with Crippen molar-refractivity contribution in [2.45, 2.75) is 70.9 Å². The van der Waals surface area contributed by atoms with E-state index in [9.17, 15) is 14.7 Å². The molecule has 4 bridgehead atoms. The van der Waals surface area contributed by atoms with Crippen LogP contribution in [0.5, 0.6) is 0 Å². The number of likely N-dealkylation sites (tertiary alicyclic amines) is 1. The van der Waals surface area contributed by atoms with Crippen molar-refractivity contribution in [3.05, 3.63) is 29.3 Å². The lowest BCUT2D eigenvalue weighted by atomic mass is 9.48. The SMILES string of the molecule is Cc1ccc(N2CCN(C(=O)N3CCCC(NC(=O)C45CC6CC(C4)C(O)C(C6)C5)C3)CC2)c(C)c1. The van der Waals surface area contributed by atoms with E-state index in [0.29, 0.717) is 24.3 Å². The zero-order chi connectivity index (χ0) is 25.0. The molecule has 3 amide bonds. The number of aliphatic hydroxyl groups excluding tert-OH is 1. The number of piperazine rings is 1. The Morgan fingerprint density at radius 3 is 2.39 bits per heavy atom. The van der Waals surface area contributed by atoms with Gasteiger partial charge in [-0.3, -0.25) is 4.79 Å². The average molecular weight is 495 g/mol. The van der Waals surface area contributed by atoms with Crippen LogP contribution in [0.4, 0.5) is 10.5 Å². The van der Waals surface area contributed by atoms with Crippen LogP contribution in [0.25, 0.3) is 0 Å². The summed E-state index contributed by atoms with van der Waals surface area (Å²) in [6, 6.07) is 6.73. The Morgan fingerprint density at radius 1 is 0.972 bits per heavy atom. The zero-order valence-electron chi connectivity index (χ0n) is 21.9. The lowest BCUT2D eigenvalue weighted by Gasteiger charge is -2.58. The number of carbonyl (C=O) groups excluding carboxylic acids is 2. The summed E-state index contributed by atoms with van der Waals surface area (Å²) in [5.74, 6) is 1.39. The Balaban J connectivity index is 1.04. The Hall–Kier alpha value is -2.28. The first kappa shape index (κ1) is 24.1. The highest BCUT2D eigenvalue weighted by molar-refractivity contribution is 5.83. The first-order valence-electron chi connectivity index (χ1n) is 14.2. The molecule has 7 nitrogen and oxygen atoms in total. The summed E-state index contributed by atoms with van der Waals surface area (Å²) in [5, 5.41) is 14.0. The number of aryl methyl sites for hydroxylation is 2. The van der Waals surface area contributed by atoms with Gasteiger partial charge < -0.3 is 25.1 Å². The van der Waals surface area contributed by atoms with E-state index in [1.165, 1.54) is 16.8 Å². The van der Waals surface area contributed by atoms with E-state index < -0.39 is 0 Å². The molecule has 7 heteroatoms. The lowest BCUT2D eigenvalue weighted by Crippen LogP contribution is -2.61. The van der Waals surface area contributed by atoms with Gasteiger partial charge in [0, 0.05) is 51.0 Å². The maximum atomic E-state index is 13.6. The molecule has 6 fully saturated rings. The fourth-order valence-electron chi connectivity index (χ4n) is 8.38. The highest BCUT2D eigenvalue weighted by atomic mass is 16.3. The minimum absolute atomic E-state index is 0.0321.